The summed E-state index contributed by atoms with van der Waals surface area (Å²) in [5.41, 5.74) is 0. The summed E-state index contributed by atoms with van der Waals surface area (Å²) < 4.78 is 16.8. The monoisotopic (exact) mass is 879 g/mol. The van der Waals surface area contributed by atoms with Gasteiger partial charge in [0.1, 0.15) is 13.2 Å². The third kappa shape index (κ3) is 49.7. The standard InChI is InChI=1S/C57H98O6/c1-4-7-10-13-16-19-22-24-26-27-28-29-31-32-35-38-41-44-47-50-56(59)62-53-54(52-61-55(58)49-46-43-40-37-34-21-18-15-12-9-6-3)63-57(60)51-48-45-42-39-36-33-30-25-23-20-17-14-11-8-5-2/h15-16,18-19,24-26,28-30,32,35,54H,4-14,17,20-23,27,31,33-34,36-53H2,1-3H3/b18-15-,19-16-,26-24-,29-28-,30-25-,35-32-/t54-/m0/s1. The first-order chi connectivity index (χ1) is 31.0. The number of hydrogen-bond donors (Lipinski definition) is 0. The van der Waals surface area contributed by atoms with E-state index in [1.54, 1.807) is 0 Å². The van der Waals surface area contributed by atoms with Gasteiger partial charge in [-0.15, -0.1) is 0 Å². The number of unbranched alkanes of at least 4 members (excludes halogenated alkanes) is 24. The average Bonchev–Trinajstić information content (AvgIpc) is 3.28. The molecule has 0 aliphatic heterocycles. The van der Waals surface area contributed by atoms with Crippen molar-refractivity contribution in [1.29, 1.82) is 0 Å². The Bertz CT molecular complexity index is 1190. The number of ether oxygens (including phenoxy) is 3. The van der Waals surface area contributed by atoms with E-state index < -0.39 is 6.10 Å². The minimum Gasteiger partial charge on any atom is -0.462 e. The Morgan fingerprint density at radius 2 is 0.587 bits per heavy atom. The second-order valence-electron chi connectivity index (χ2n) is 17.4. The molecule has 0 fully saturated rings. The zero-order valence-corrected chi connectivity index (χ0v) is 41.3. The molecule has 0 aromatic carbocycles. The van der Waals surface area contributed by atoms with Crippen LogP contribution < -0.4 is 0 Å². The molecule has 0 aromatic rings. The van der Waals surface area contributed by atoms with Gasteiger partial charge in [0.25, 0.3) is 0 Å². The smallest absolute Gasteiger partial charge is 0.306 e. The van der Waals surface area contributed by atoms with E-state index in [-0.39, 0.29) is 31.1 Å². The average molecular weight is 879 g/mol. The molecule has 0 aliphatic rings. The predicted molar refractivity (Wildman–Crippen MR) is 270 cm³/mol. The summed E-state index contributed by atoms with van der Waals surface area (Å²) >= 11 is 0. The van der Waals surface area contributed by atoms with Gasteiger partial charge in [-0.25, -0.2) is 0 Å². The van der Waals surface area contributed by atoms with Crippen LogP contribution in [-0.2, 0) is 28.6 Å². The number of rotatable bonds is 47. The van der Waals surface area contributed by atoms with Crippen LogP contribution in [0.2, 0.25) is 0 Å². The summed E-state index contributed by atoms with van der Waals surface area (Å²) in [6, 6.07) is 0. The van der Waals surface area contributed by atoms with Crippen LogP contribution in [-0.4, -0.2) is 37.2 Å². The van der Waals surface area contributed by atoms with Gasteiger partial charge >= 0.3 is 17.9 Å². The van der Waals surface area contributed by atoms with E-state index in [2.05, 4.69) is 93.7 Å². The number of carbonyl (C=O) groups excluding carboxylic acids is 3. The molecular weight excluding hydrogens is 781 g/mol. The molecule has 0 rings (SSSR count). The van der Waals surface area contributed by atoms with Crippen molar-refractivity contribution < 1.29 is 28.6 Å². The van der Waals surface area contributed by atoms with Gasteiger partial charge in [-0.2, -0.15) is 0 Å². The van der Waals surface area contributed by atoms with Crippen molar-refractivity contribution in [3.05, 3.63) is 72.9 Å². The van der Waals surface area contributed by atoms with Crippen LogP contribution in [0.15, 0.2) is 72.9 Å². The lowest BCUT2D eigenvalue weighted by molar-refractivity contribution is -0.167. The molecule has 63 heavy (non-hydrogen) atoms. The third-order valence-electron chi connectivity index (χ3n) is 11.2. The van der Waals surface area contributed by atoms with Gasteiger partial charge in [0.05, 0.1) is 0 Å². The molecule has 6 heteroatoms. The van der Waals surface area contributed by atoms with E-state index in [4.69, 9.17) is 14.2 Å². The number of carbonyl (C=O) groups is 3. The Labute approximate surface area is 389 Å². The number of hydrogen-bond acceptors (Lipinski definition) is 6. The lowest BCUT2D eigenvalue weighted by atomic mass is 10.1. The van der Waals surface area contributed by atoms with Gasteiger partial charge < -0.3 is 14.2 Å². The van der Waals surface area contributed by atoms with Gasteiger partial charge in [-0.05, 0) is 109 Å². The van der Waals surface area contributed by atoms with Crippen molar-refractivity contribution >= 4 is 17.9 Å². The third-order valence-corrected chi connectivity index (χ3v) is 11.2. The highest BCUT2D eigenvalue weighted by Crippen LogP contribution is 2.13. The van der Waals surface area contributed by atoms with Gasteiger partial charge in [0, 0.05) is 19.3 Å². The van der Waals surface area contributed by atoms with E-state index in [9.17, 15) is 14.4 Å². The van der Waals surface area contributed by atoms with Gasteiger partial charge in [0.15, 0.2) is 6.10 Å². The quantitative estimate of drug-likeness (QED) is 0.0262. The van der Waals surface area contributed by atoms with Crippen LogP contribution >= 0.6 is 0 Å². The van der Waals surface area contributed by atoms with Crippen molar-refractivity contribution in [2.45, 2.75) is 258 Å². The largest absolute Gasteiger partial charge is 0.462 e. The Kier molecular flexibility index (Phi) is 48.9. The summed E-state index contributed by atoms with van der Waals surface area (Å²) in [5, 5.41) is 0. The van der Waals surface area contributed by atoms with Gasteiger partial charge in [0.2, 0.25) is 0 Å². The van der Waals surface area contributed by atoms with Crippen molar-refractivity contribution in [2.24, 2.45) is 0 Å². The Hall–Kier alpha value is -3.15. The van der Waals surface area contributed by atoms with Gasteiger partial charge in [-0.3, -0.25) is 14.4 Å². The van der Waals surface area contributed by atoms with Crippen LogP contribution in [0, 0.1) is 0 Å². The Morgan fingerprint density at radius 1 is 0.317 bits per heavy atom. The molecule has 0 heterocycles. The Morgan fingerprint density at radius 3 is 1.00 bits per heavy atom. The van der Waals surface area contributed by atoms with Crippen LogP contribution in [0.25, 0.3) is 0 Å². The molecule has 0 saturated carbocycles. The van der Waals surface area contributed by atoms with Crippen molar-refractivity contribution in [2.75, 3.05) is 13.2 Å². The predicted octanol–water partition coefficient (Wildman–Crippen LogP) is 17.4. The zero-order valence-electron chi connectivity index (χ0n) is 41.3. The van der Waals surface area contributed by atoms with E-state index in [1.807, 2.05) is 0 Å². The van der Waals surface area contributed by atoms with E-state index in [1.165, 1.54) is 109 Å². The summed E-state index contributed by atoms with van der Waals surface area (Å²) in [6.07, 6.45) is 64.5. The molecule has 362 valence electrons. The molecule has 6 nitrogen and oxygen atoms in total. The number of esters is 3. The molecule has 0 saturated heterocycles. The highest BCUT2D eigenvalue weighted by Gasteiger charge is 2.19. The first-order valence-electron chi connectivity index (χ1n) is 26.4. The fraction of sp³-hybridized carbons (Fsp3) is 0.737. The van der Waals surface area contributed by atoms with Crippen LogP contribution in [0.3, 0.4) is 0 Å². The van der Waals surface area contributed by atoms with Crippen molar-refractivity contribution in [1.82, 2.24) is 0 Å². The van der Waals surface area contributed by atoms with Crippen molar-refractivity contribution in [3.8, 4) is 0 Å². The van der Waals surface area contributed by atoms with E-state index in [0.29, 0.717) is 19.3 Å². The fourth-order valence-electron chi connectivity index (χ4n) is 7.11. The van der Waals surface area contributed by atoms with Crippen LogP contribution in [0.5, 0.6) is 0 Å². The molecular formula is C57H98O6. The molecule has 0 amide bonds. The van der Waals surface area contributed by atoms with E-state index in [0.717, 1.165) is 103 Å². The second-order valence-corrected chi connectivity index (χ2v) is 17.4. The van der Waals surface area contributed by atoms with Crippen molar-refractivity contribution in [3.63, 3.8) is 0 Å². The summed E-state index contributed by atoms with van der Waals surface area (Å²) in [7, 11) is 0. The molecule has 0 bridgehead atoms. The summed E-state index contributed by atoms with van der Waals surface area (Å²) in [6.45, 7) is 6.52. The molecule has 0 aliphatic carbocycles. The van der Waals surface area contributed by atoms with Crippen LogP contribution in [0.4, 0.5) is 0 Å². The highest BCUT2D eigenvalue weighted by atomic mass is 16.6. The molecule has 0 aromatic heterocycles. The summed E-state index contributed by atoms with van der Waals surface area (Å²) in [4.78, 5) is 38.0. The maximum Gasteiger partial charge on any atom is 0.306 e. The first-order valence-corrected chi connectivity index (χ1v) is 26.4. The number of allylic oxidation sites excluding steroid dienone is 12. The zero-order chi connectivity index (χ0) is 45.8. The first kappa shape index (κ1) is 59.9. The minimum absolute atomic E-state index is 0.0936. The minimum atomic E-state index is -0.795. The van der Waals surface area contributed by atoms with Crippen LogP contribution in [0.1, 0.15) is 252 Å². The SMILES string of the molecule is CCCC/C=C\CCCCCCCC(=O)OC[C@@H](COC(=O)CCCCC/C=C\C/C=C\C/C=C\C/C=C\CCCCC)OC(=O)CCCCCCC/C=C\CCCCCCCC. The highest BCUT2D eigenvalue weighted by molar-refractivity contribution is 5.71. The lowest BCUT2D eigenvalue weighted by Gasteiger charge is -2.18. The molecule has 0 N–H and O–H groups in total. The van der Waals surface area contributed by atoms with E-state index >= 15 is 0 Å². The topological polar surface area (TPSA) is 78.9 Å². The molecule has 0 radical (unpaired) electrons. The lowest BCUT2D eigenvalue weighted by Crippen LogP contribution is -2.30. The van der Waals surface area contributed by atoms with Gasteiger partial charge in [-0.1, -0.05) is 196 Å². The molecule has 0 spiro atoms. The normalized spacial score (nSPS) is 12.6. The summed E-state index contributed by atoms with van der Waals surface area (Å²) in [5.74, 6) is -0.941. The maximum atomic E-state index is 12.8. The fourth-order valence-corrected chi connectivity index (χ4v) is 7.11. The molecule has 0 unspecified atom stereocenters. The Balaban J connectivity index is 4.43. The molecule has 1 atom stereocenters. The second kappa shape index (κ2) is 51.5. The maximum absolute atomic E-state index is 12.8.